The molecule has 2 aromatic heterocycles. The zero-order valence-electron chi connectivity index (χ0n) is 13.0. The molecule has 1 saturated heterocycles. The van der Waals surface area contributed by atoms with Crippen LogP contribution in [0.5, 0.6) is 0 Å². The van der Waals surface area contributed by atoms with Gasteiger partial charge >= 0.3 is 0 Å². The predicted molar refractivity (Wildman–Crippen MR) is 89.9 cm³/mol. The molecule has 5 nitrogen and oxygen atoms in total. The molecule has 0 atom stereocenters. The average molecular weight is 311 g/mol. The second kappa shape index (κ2) is 7.63. The molecule has 0 aliphatic carbocycles. The molecule has 0 bridgehead atoms. The Bertz CT molecular complexity index is 630. The van der Waals surface area contributed by atoms with E-state index in [1.807, 2.05) is 18.3 Å². The quantitative estimate of drug-likeness (QED) is 0.863. The van der Waals surface area contributed by atoms with Gasteiger partial charge in [0.15, 0.2) is 0 Å². The van der Waals surface area contributed by atoms with Gasteiger partial charge in [-0.3, -0.25) is 9.78 Å². The number of pyridine rings is 1. The van der Waals surface area contributed by atoms with Crippen molar-refractivity contribution in [2.45, 2.75) is 12.8 Å². The van der Waals surface area contributed by atoms with Crippen molar-refractivity contribution in [3.8, 4) is 0 Å². The molecular weight excluding hydrogens is 290 g/mol. The first-order chi connectivity index (χ1) is 11.3. The second-order valence-electron chi connectivity index (χ2n) is 5.78. The number of anilines is 1. The van der Waals surface area contributed by atoms with E-state index in [0.29, 0.717) is 5.92 Å². The molecule has 5 heteroatoms. The molecule has 0 spiro atoms. The van der Waals surface area contributed by atoms with E-state index in [2.05, 4.69) is 21.3 Å². The van der Waals surface area contributed by atoms with Gasteiger partial charge in [-0.05, 0) is 43.0 Å². The molecular formula is C18H21N3O2. The van der Waals surface area contributed by atoms with Crippen LogP contribution < -0.4 is 10.2 Å². The van der Waals surface area contributed by atoms with Gasteiger partial charge in [-0.2, -0.15) is 0 Å². The Balaban J connectivity index is 1.40. The summed E-state index contributed by atoms with van der Waals surface area (Å²) in [7, 11) is 0. The van der Waals surface area contributed by atoms with Crippen LogP contribution in [0.2, 0.25) is 0 Å². The van der Waals surface area contributed by atoms with Gasteiger partial charge in [0, 0.05) is 37.5 Å². The van der Waals surface area contributed by atoms with Crippen molar-refractivity contribution >= 4 is 17.7 Å². The first-order valence-corrected chi connectivity index (χ1v) is 7.94. The number of nitrogens with one attached hydrogen (secondary N) is 1. The molecule has 1 aliphatic rings. The Kier molecular flexibility index (Phi) is 5.09. The third-order valence-corrected chi connectivity index (χ3v) is 4.16. The van der Waals surface area contributed by atoms with Gasteiger partial charge < -0.3 is 14.6 Å². The molecule has 3 heterocycles. The first kappa shape index (κ1) is 15.3. The fraction of sp³-hybridized carbons (Fsp3) is 0.333. The smallest absolute Gasteiger partial charge is 0.244 e. The van der Waals surface area contributed by atoms with E-state index >= 15 is 0 Å². The van der Waals surface area contributed by atoms with E-state index in [-0.39, 0.29) is 5.91 Å². The van der Waals surface area contributed by atoms with Gasteiger partial charge in [-0.15, -0.1) is 0 Å². The number of hydrogen-bond donors (Lipinski definition) is 1. The summed E-state index contributed by atoms with van der Waals surface area (Å²) in [5.74, 6) is 0.482. The number of piperidine rings is 1. The van der Waals surface area contributed by atoms with Crippen molar-refractivity contribution < 1.29 is 9.21 Å². The maximum Gasteiger partial charge on any atom is 0.244 e. The normalized spacial score (nSPS) is 15.9. The maximum absolute atomic E-state index is 11.8. The number of carbonyl (C=O) groups excluding carboxylic acids is 1. The van der Waals surface area contributed by atoms with E-state index in [1.165, 1.54) is 5.69 Å². The molecule has 1 amide bonds. The summed E-state index contributed by atoms with van der Waals surface area (Å²) in [4.78, 5) is 18.3. The minimum atomic E-state index is -0.0547. The molecule has 0 aromatic carbocycles. The zero-order chi connectivity index (χ0) is 15.9. The van der Waals surface area contributed by atoms with Crippen LogP contribution in [0.1, 0.15) is 18.4 Å². The number of nitrogens with zero attached hydrogens (tertiary/aromatic N) is 2. The minimum absolute atomic E-state index is 0.0547. The largest absolute Gasteiger partial charge is 0.472 e. The van der Waals surface area contributed by atoms with Crippen LogP contribution in [0, 0.1) is 5.92 Å². The van der Waals surface area contributed by atoms with Gasteiger partial charge in [-0.25, -0.2) is 0 Å². The number of hydrogen-bond acceptors (Lipinski definition) is 4. The Morgan fingerprint density at radius 2 is 2.26 bits per heavy atom. The van der Waals surface area contributed by atoms with Crippen LogP contribution in [0.4, 0.5) is 5.69 Å². The fourth-order valence-electron chi connectivity index (χ4n) is 2.78. The first-order valence-electron chi connectivity index (χ1n) is 7.94. The number of aromatic nitrogens is 1. The van der Waals surface area contributed by atoms with Crippen molar-refractivity contribution in [2.24, 2.45) is 5.92 Å². The number of amides is 1. The van der Waals surface area contributed by atoms with Gasteiger partial charge in [0.25, 0.3) is 0 Å². The lowest BCUT2D eigenvalue weighted by Crippen LogP contribution is -2.38. The van der Waals surface area contributed by atoms with Crippen LogP contribution in [0.15, 0.2) is 53.6 Å². The highest BCUT2D eigenvalue weighted by molar-refractivity contribution is 5.91. The van der Waals surface area contributed by atoms with Crippen LogP contribution in [-0.4, -0.2) is 30.5 Å². The predicted octanol–water partition coefficient (Wildman–Crippen LogP) is 2.72. The Morgan fingerprint density at radius 1 is 1.39 bits per heavy atom. The minimum Gasteiger partial charge on any atom is -0.472 e. The van der Waals surface area contributed by atoms with Gasteiger partial charge in [0.05, 0.1) is 24.4 Å². The third kappa shape index (κ3) is 4.45. The molecule has 0 unspecified atom stereocenters. The zero-order valence-corrected chi connectivity index (χ0v) is 13.0. The summed E-state index contributed by atoms with van der Waals surface area (Å²) < 4.78 is 4.96. The van der Waals surface area contributed by atoms with Gasteiger partial charge in [0.1, 0.15) is 0 Å². The average Bonchev–Trinajstić information content (AvgIpc) is 3.13. The second-order valence-corrected chi connectivity index (χ2v) is 5.78. The number of rotatable bonds is 5. The highest BCUT2D eigenvalue weighted by Crippen LogP contribution is 2.21. The third-order valence-electron chi connectivity index (χ3n) is 4.16. The molecule has 1 N–H and O–H groups in total. The lowest BCUT2D eigenvalue weighted by atomic mass is 9.96. The highest BCUT2D eigenvalue weighted by atomic mass is 16.3. The van der Waals surface area contributed by atoms with E-state index in [1.54, 1.807) is 30.9 Å². The molecule has 0 radical (unpaired) electrons. The van der Waals surface area contributed by atoms with Crippen LogP contribution >= 0.6 is 0 Å². The van der Waals surface area contributed by atoms with Gasteiger partial charge in [0.2, 0.25) is 5.91 Å². The van der Waals surface area contributed by atoms with Crippen molar-refractivity contribution in [1.82, 2.24) is 10.3 Å². The SMILES string of the molecule is O=C(/C=C/c1ccoc1)NCC1CCN(c2cccnc2)CC1. The molecule has 1 fully saturated rings. The molecule has 1 aliphatic heterocycles. The Hall–Kier alpha value is -2.56. The Morgan fingerprint density at radius 3 is 2.96 bits per heavy atom. The standard InChI is InChI=1S/C18H21N3O2/c22-18(4-3-16-7-11-23-14-16)20-12-15-5-9-21(10-6-15)17-2-1-8-19-13-17/h1-4,7-8,11,13-15H,5-6,9-10,12H2,(H,20,22)/b4-3+. The summed E-state index contributed by atoms with van der Waals surface area (Å²) in [5, 5.41) is 2.98. The van der Waals surface area contributed by atoms with Crippen molar-refractivity contribution in [2.75, 3.05) is 24.5 Å². The van der Waals surface area contributed by atoms with E-state index in [4.69, 9.17) is 4.42 Å². The molecule has 23 heavy (non-hydrogen) atoms. The molecule has 120 valence electrons. The van der Waals surface area contributed by atoms with E-state index in [9.17, 15) is 4.79 Å². The lowest BCUT2D eigenvalue weighted by Gasteiger charge is -2.33. The van der Waals surface area contributed by atoms with Gasteiger partial charge in [-0.1, -0.05) is 0 Å². The summed E-state index contributed by atoms with van der Waals surface area (Å²) in [6.07, 6.45) is 12.4. The summed E-state index contributed by atoms with van der Waals surface area (Å²) >= 11 is 0. The summed E-state index contributed by atoms with van der Waals surface area (Å²) in [5.41, 5.74) is 2.07. The summed E-state index contributed by atoms with van der Waals surface area (Å²) in [6.45, 7) is 2.75. The summed E-state index contributed by atoms with van der Waals surface area (Å²) in [6, 6.07) is 5.88. The van der Waals surface area contributed by atoms with Crippen molar-refractivity contribution in [3.63, 3.8) is 0 Å². The topological polar surface area (TPSA) is 58.4 Å². The number of furan rings is 1. The number of carbonyl (C=O) groups is 1. The molecule has 0 saturated carbocycles. The fourth-order valence-corrected chi connectivity index (χ4v) is 2.78. The van der Waals surface area contributed by atoms with Crippen LogP contribution in [0.25, 0.3) is 6.08 Å². The van der Waals surface area contributed by atoms with Crippen molar-refractivity contribution in [1.29, 1.82) is 0 Å². The monoisotopic (exact) mass is 311 g/mol. The maximum atomic E-state index is 11.8. The molecule has 2 aromatic rings. The van der Waals surface area contributed by atoms with E-state index in [0.717, 1.165) is 38.0 Å². The van der Waals surface area contributed by atoms with Crippen LogP contribution in [0.3, 0.4) is 0 Å². The molecule has 3 rings (SSSR count). The van der Waals surface area contributed by atoms with E-state index < -0.39 is 0 Å². The Labute approximate surface area is 136 Å². The highest BCUT2D eigenvalue weighted by Gasteiger charge is 2.19. The lowest BCUT2D eigenvalue weighted by molar-refractivity contribution is -0.116. The van der Waals surface area contributed by atoms with Crippen molar-refractivity contribution in [3.05, 3.63) is 54.8 Å². The van der Waals surface area contributed by atoms with Crippen LogP contribution in [-0.2, 0) is 4.79 Å².